The molecule has 5 nitrogen and oxygen atoms in total. The van der Waals surface area contributed by atoms with Crippen molar-refractivity contribution < 1.29 is 0 Å². The highest BCUT2D eigenvalue weighted by Crippen LogP contribution is 2.29. The van der Waals surface area contributed by atoms with Gasteiger partial charge in [0.2, 0.25) is 0 Å². The number of nitrogens with one attached hydrogen (secondary N) is 1. The minimum Gasteiger partial charge on any atom is -0.316 e. The fourth-order valence-electron chi connectivity index (χ4n) is 2.07. The zero-order valence-corrected chi connectivity index (χ0v) is 11.5. The molecule has 0 aliphatic carbocycles. The number of aromatic nitrogens is 4. The van der Waals surface area contributed by atoms with E-state index in [-0.39, 0.29) is 5.41 Å². The van der Waals surface area contributed by atoms with Crippen LogP contribution >= 0.6 is 0 Å². The Labute approximate surface area is 104 Å². The standard InChI is InChI=1S/C12H25N5/c1-5-8-13-10-12(6-2,7-3)9-11-14-16-17(4)15-11/h13H,5-10H2,1-4H3. The summed E-state index contributed by atoms with van der Waals surface area (Å²) in [5.41, 5.74) is 0.262. The molecule has 0 unspecified atom stereocenters. The number of nitrogens with zero attached hydrogens (tertiary/aromatic N) is 4. The molecule has 0 bridgehead atoms. The maximum Gasteiger partial charge on any atom is 0.175 e. The third-order valence-corrected chi connectivity index (χ3v) is 3.51. The maximum atomic E-state index is 4.29. The summed E-state index contributed by atoms with van der Waals surface area (Å²) in [5.74, 6) is 0.856. The lowest BCUT2D eigenvalue weighted by atomic mass is 9.79. The Bertz CT molecular complexity index is 316. The van der Waals surface area contributed by atoms with Gasteiger partial charge >= 0.3 is 0 Å². The maximum absolute atomic E-state index is 4.29. The Morgan fingerprint density at radius 3 is 2.41 bits per heavy atom. The van der Waals surface area contributed by atoms with Crippen molar-refractivity contribution in [2.24, 2.45) is 12.5 Å². The Morgan fingerprint density at radius 1 is 1.24 bits per heavy atom. The van der Waals surface area contributed by atoms with Gasteiger partial charge in [-0.15, -0.1) is 10.2 Å². The van der Waals surface area contributed by atoms with Crippen molar-refractivity contribution in [3.05, 3.63) is 5.82 Å². The predicted octanol–water partition coefficient (Wildman–Crippen LogP) is 1.56. The van der Waals surface area contributed by atoms with Crippen molar-refractivity contribution in [3.8, 4) is 0 Å². The average molecular weight is 239 g/mol. The minimum absolute atomic E-state index is 0.262. The van der Waals surface area contributed by atoms with Crippen molar-refractivity contribution in [1.82, 2.24) is 25.5 Å². The first kappa shape index (κ1) is 14.1. The average Bonchev–Trinajstić information content (AvgIpc) is 2.73. The molecule has 98 valence electrons. The van der Waals surface area contributed by atoms with E-state index in [2.05, 4.69) is 41.5 Å². The molecule has 5 heteroatoms. The minimum atomic E-state index is 0.262. The molecule has 0 aromatic carbocycles. The van der Waals surface area contributed by atoms with E-state index >= 15 is 0 Å². The van der Waals surface area contributed by atoms with Gasteiger partial charge in [0, 0.05) is 13.0 Å². The fourth-order valence-corrected chi connectivity index (χ4v) is 2.07. The summed E-state index contributed by atoms with van der Waals surface area (Å²) in [6.45, 7) is 8.79. The van der Waals surface area contributed by atoms with Gasteiger partial charge in [-0.05, 0) is 36.4 Å². The summed E-state index contributed by atoms with van der Waals surface area (Å²) in [7, 11) is 1.81. The molecule has 1 heterocycles. The zero-order valence-electron chi connectivity index (χ0n) is 11.5. The lowest BCUT2D eigenvalue weighted by molar-refractivity contribution is 0.241. The van der Waals surface area contributed by atoms with Gasteiger partial charge in [-0.1, -0.05) is 20.8 Å². The van der Waals surface area contributed by atoms with Crippen LogP contribution in [0, 0.1) is 5.41 Å². The lowest BCUT2D eigenvalue weighted by Crippen LogP contribution is -2.36. The molecule has 0 aliphatic rings. The van der Waals surface area contributed by atoms with Crippen LogP contribution < -0.4 is 5.32 Å². The van der Waals surface area contributed by atoms with E-state index in [0.717, 1.165) is 38.2 Å². The van der Waals surface area contributed by atoms with Crippen molar-refractivity contribution in [2.75, 3.05) is 13.1 Å². The molecule has 0 amide bonds. The smallest absolute Gasteiger partial charge is 0.175 e. The van der Waals surface area contributed by atoms with Gasteiger partial charge in [0.05, 0.1) is 7.05 Å². The van der Waals surface area contributed by atoms with Crippen LogP contribution in [0.25, 0.3) is 0 Å². The highest BCUT2D eigenvalue weighted by atomic mass is 15.6. The molecule has 0 spiro atoms. The number of hydrogen-bond donors (Lipinski definition) is 1. The van der Waals surface area contributed by atoms with Gasteiger partial charge in [-0.2, -0.15) is 4.80 Å². The van der Waals surface area contributed by atoms with Crippen LogP contribution in [-0.2, 0) is 13.5 Å². The van der Waals surface area contributed by atoms with E-state index in [4.69, 9.17) is 0 Å². The second kappa shape index (κ2) is 6.69. The zero-order chi connectivity index (χ0) is 12.7. The molecule has 1 aromatic heterocycles. The third kappa shape index (κ3) is 4.07. The summed E-state index contributed by atoms with van der Waals surface area (Å²) in [6.07, 6.45) is 4.36. The second-order valence-corrected chi connectivity index (χ2v) is 4.76. The van der Waals surface area contributed by atoms with E-state index in [0.29, 0.717) is 0 Å². The third-order valence-electron chi connectivity index (χ3n) is 3.51. The molecule has 1 rings (SSSR count). The molecule has 17 heavy (non-hydrogen) atoms. The van der Waals surface area contributed by atoms with Gasteiger partial charge in [0.15, 0.2) is 5.82 Å². The van der Waals surface area contributed by atoms with Gasteiger partial charge in [-0.3, -0.25) is 0 Å². The second-order valence-electron chi connectivity index (χ2n) is 4.76. The summed E-state index contributed by atoms with van der Waals surface area (Å²) in [4.78, 5) is 1.53. The fraction of sp³-hybridized carbons (Fsp3) is 0.917. The first-order valence-electron chi connectivity index (χ1n) is 6.59. The first-order valence-corrected chi connectivity index (χ1v) is 6.59. The highest BCUT2D eigenvalue weighted by molar-refractivity contribution is 4.90. The van der Waals surface area contributed by atoms with E-state index in [1.807, 2.05) is 7.05 Å². The molecule has 0 saturated carbocycles. The van der Waals surface area contributed by atoms with Crippen LogP contribution in [0.5, 0.6) is 0 Å². The van der Waals surface area contributed by atoms with E-state index < -0.39 is 0 Å². The SMILES string of the molecule is CCCNCC(CC)(CC)Cc1nnn(C)n1. The lowest BCUT2D eigenvalue weighted by Gasteiger charge is -2.30. The van der Waals surface area contributed by atoms with Crippen LogP contribution in [0.2, 0.25) is 0 Å². The van der Waals surface area contributed by atoms with Gasteiger partial charge in [0.25, 0.3) is 0 Å². The van der Waals surface area contributed by atoms with Crippen molar-refractivity contribution in [1.29, 1.82) is 0 Å². The Kier molecular flexibility index (Phi) is 5.55. The van der Waals surface area contributed by atoms with E-state index in [9.17, 15) is 0 Å². The summed E-state index contributed by atoms with van der Waals surface area (Å²) in [6, 6.07) is 0. The van der Waals surface area contributed by atoms with Crippen molar-refractivity contribution in [3.63, 3.8) is 0 Å². The predicted molar refractivity (Wildman–Crippen MR) is 68.7 cm³/mol. The van der Waals surface area contributed by atoms with E-state index in [1.54, 1.807) is 0 Å². The molecule has 0 fully saturated rings. The molecular formula is C12H25N5. The van der Waals surface area contributed by atoms with Gasteiger partial charge in [-0.25, -0.2) is 0 Å². The van der Waals surface area contributed by atoms with Crippen LogP contribution in [0.3, 0.4) is 0 Å². The Morgan fingerprint density at radius 2 is 1.94 bits per heavy atom. The molecule has 0 atom stereocenters. The largest absolute Gasteiger partial charge is 0.316 e. The number of aryl methyl sites for hydroxylation is 1. The molecule has 1 aromatic rings. The molecular weight excluding hydrogens is 214 g/mol. The Hall–Kier alpha value is -0.970. The number of tetrazole rings is 1. The Balaban J connectivity index is 2.63. The van der Waals surface area contributed by atoms with Crippen molar-refractivity contribution >= 4 is 0 Å². The molecule has 0 aliphatic heterocycles. The van der Waals surface area contributed by atoms with Crippen LogP contribution in [0.1, 0.15) is 45.9 Å². The van der Waals surface area contributed by atoms with Crippen LogP contribution in [0.4, 0.5) is 0 Å². The number of hydrogen-bond acceptors (Lipinski definition) is 4. The number of rotatable bonds is 8. The summed E-state index contributed by atoms with van der Waals surface area (Å²) in [5, 5.41) is 15.8. The first-order chi connectivity index (χ1) is 8.15. The van der Waals surface area contributed by atoms with Crippen LogP contribution in [0.15, 0.2) is 0 Å². The van der Waals surface area contributed by atoms with Gasteiger partial charge in [0.1, 0.15) is 0 Å². The monoisotopic (exact) mass is 239 g/mol. The molecule has 0 saturated heterocycles. The molecule has 1 N–H and O–H groups in total. The quantitative estimate of drug-likeness (QED) is 0.699. The summed E-state index contributed by atoms with van der Waals surface area (Å²) < 4.78 is 0. The topological polar surface area (TPSA) is 55.6 Å². The van der Waals surface area contributed by atoms with Crippen molar-refractivity contribution in [2.45, 2.75) is 46.5 Å². The molecule has 0 radical (unpaired) electrons. The van der Waals surface area contributed by atoms with E-state index in [1.165, 1.54) is 11.2 Å². The van der Waals surface area contributed by atoms with Gasteiger partial charge < -0.3 is 5.32 Å². The van der Waals surface area contributed by atoms with Crippen LogP contribution in [-0.4, -0.2) is 33.3 Å². The highest BCUT2D eigenvalue weighted by Gasteiger charge is 2.28. The summed E-state index contributed by atoms with van der Waals surface area (Å²) >= 11 is 0. The normalized spacial score (nSPS) is 12.0.